The van der Waals surface area contributed by atoms with Gasteiger partial charge in [0.1, 0.15) is 12.1 Å². The third kappa shape index (κ3) is 1.80. The average Bonchev–Trinajstić information content (AvgIpc) is 2.86. The number of oxazole rings is 1. The van der Waals surface area contributed by atoms with E-state index in [0.717, 1.165) is 5.69 Å². The molecule has 0 bridgehead atoms. The molecule has 92 valence electrons. The number of benzene rings is 1. The first-order chi connectivity index (χ1) is 8.63. The Bertz CT molecular complexity index is 769. The van der Waals surface area contributed by atoms with Gasteiger partial charge in [0.2, 0.25) is 5.89 Å². The first-order valence-electron chi connectivity index (χ1n) is 5.43. The molecule has 0 aliphatic heterocycles. The van der Waals surface area contributed by atoms with Gasteiger partial charge in [0.15, 0.2) is 5.58 Å². The summed E-state index contributed by atoms with van der Waals surface area (Å²) in [5, 5.41) is 1.82. The number of rotatable bonds is 2. The molecular formula is C12H11N3O2S. The van der Waals surface area contributed by atoms with Crippen LogP contribution in [0.4, 0.5) is 5.69 Å². The fourth-order valence-corrected chi connectivity index (χ4v) is 2.53. The zero-order valence-electron chi connectivity index (χ0n) is 9.71. The summed E-state index contributed by atoms with van der Waals surface area (Å²) in [5.74, 6) is 0.513. The van der Waals surface area contributed by atoms with E-state index in [2.05, 4.69) is 4.98 Å². The average molecular weight is 261 g/mol. The molecule has 0 aliphatic rings. The van der Waals surface area contributed by atoms with E-state index in [4.69, 9.17) is 10.2 Å². The van der Waals surface area contributed by atoms with Crippen LogP contribution in [-0.4, -0.2) is 9.55 Å². The molecule has 3 aromatic rings. The third-order valence-electron chi connectivity index (χ3n) is 2.73. The number of hydrogen-bond acceptors (Lipinski definition) is 5. The maximum absolute atomic E-state index is 11.6. The summed E-state index contributed by atoms with van der Waals surface area (Å²) in [4.78, 5) is 15.9. The molecule has 0 aliphatic carbocycles. The summed E-state index contributed by atoms with van der Waals surface area (Å²) in [6, 6.07) is 5.30. The van der Waals surface area contributed by atoms with Crippen molar-refractivity contribution < 1.29 is 4.42 Å². The zero-order chi connectivity index (χ0) is 12.7. The van der Waals surface area contributed by atoms with Crippen molar-refractivity contribution in [2.45, 2.75) is 13.5 Å². The van der Waals surface area contributed by atoms with Crippen LogP contribution in [-0.2, 0) is 6.54 Å². The Balaban J connectivity index is 2.03. The van der Waals surface area contributed by atoms with Crippen LogP contribution < -0.4 is 10.6 Å². The molecule has 0 atom stereocenters. The van der Waals surface area contributed by atoms with Gasteiger partial charge < -0.3 is 10.2 Å². The highest BCUT2D eigenvalue weighted by Gasteiger charge is 2.09. The Kier molecular flexibility index (Phi) is 2.45. The summed E-state index contributed by atoms with van der Waals surface area (Å²) < 4.78 is 7.22. The number of hydrogen-bond donors (Lipinski definition) is 1. The van der Waals surface area contributed by atoms with Gasteiger partial charge in [-0.2, -0.15) is 0 Å². The molecule has 0 amide bonds. The van der Waals surface area contributed by atoms with Crippen molar-refractivity contribution in [3.63, 3.8) is 0 Å². The van der Waals surface area contributed by atoms with Crippen molar-refractivity contribution in [3.8, 4) is 0 Å². The molecule has 18 heavy (non-hydrogen) atoms. The van der Waals surface area contributed by atoms with Gasteiger partial charge in [-0.3, -0.25) is 9.36 Å². The van der Waals surface area contributed by atoms with Crippen LogP contribution >= 0.6 is 11.3 Å². The van der Waals surface area contributed by atoms with Gasteiger partial charge in [-0.15, -0.1) is 0 Å². The van der Waals surface area contributed by atoms with Gasteiger partial charge in [-0.05, 0) is 25.1 Å². The first kappa shape index (κ1) is 11.0. The standard InChI is InChI=1S/C12H11N3O2S/c1-7-6-18-12(16)15(7)5-11-14-9-4-8(13)2-3-10(9)17-11/h2-4,6H,5,13H2,1H3. The molecule has 2 aromatic heterocycles. The Labute approximate surface area is 106 Å². The summed E-state index contributed by atoms with van der Waals surface area (Å²) in [5.41, 5.74) is 8.63. The highest BCUT2D eigenvalue weighted by molar-refractivity contribution is 7.07. The molecule has 6 heteroatoms. The Hall–Kier alpha value is -2.08. The molecule has 0 radical (unpaired) electrons. The number of fused-ring (bicyclic) bond motifs is 1. The normalized spacial score (nSPS) is 11.2. The molecule has 2 N–H and O–H groups in total. The SMILES string of the molecule is Cc1csc(=O)n1Cc1nc2cc(N)ccc2o1. The maximum Gasteiger partial charge on any atom is 0.307 e. The minimum Gasteiger partial charge on any atom is -0.439 e. The lowest BCUT2D eigenvalue weighted by Gasteiger charge is -1.98. The molecule has 0 saturated carbocycles. The second-order valence-electron chi connectivity index (χ2n) is 4.06. The summed E-state index contributed by atoms with van der Waals surface area (Å²) in [6.45, 7) is 2.24. The van der Waals surface area contributed by atoms with E-state index in [1.807, 2.05) is 12.3 Å². The van der Waals surface area contributed by atoms with Crippen LogP contribution in [0.2, 0.25) is 0 Å². The number of anilines is 1. The highest BCUT2D eigenvalue weighted by Crippen LogP contribution is 2.19. The second kappa shape index (κ2) is 3.99. The smallest absolute Gasteiger partial charge is 0.307 e. The predicted octanol–water partition coefficient (Wildman–Crippen LogP) is 1.99. The molecule has 0 spiro atoms. The van der Waals surface area contributed by atoms with Gasteiger partial charge >= 0.3 is 4.87 Å². The van der Waals surface area contributed by atoms with Crippen LogP contribution in [0.25, 0.3) is 11.1 Å². The maximum atomic E-state index is 11.6. The van der Waals surface area contributed by atoms with Crippen LogP contribution in [0.1, 0.15) is 11.6 Å². The van der Waals surface area contributed by atoms with Crippen molar-refractivity contribution >= 4 is 28.1 Å². The van der Waals surface area contributed by atoms with Crippen molar-refractivity contribution in [2.24, 2.45) is 0 Å². The molecular weight excluding hydrogens is 250 g/mol. The largest absolute Gasteiger partial charge is 0.439 e. The topological polar surface area (TPSA) is 74.0 Å². The molecule has 1 aromatic carbocycles. The Morgan fingerprint density at radius 3 is 3.06 bits per heavy atom. The van der Waals surface area contributed by atoms with E-state index < -0.39 is 0 Å². The lowest BCUT2D eigenvalue weighted by Crippen LogP contribution is -2.15. The second-order valence-corrected chi connectivity index (χ2v) is 4.88. The van der Waals surface area contributed by atoms with Gasteiger partial charge in [-0.1, -0.05) is 11.3 Å². The van der Waals surface area contributed by atoms with E-state index in [1.54, 1.807) is 22.8 Å². The third-order valence-corrected chi connectivity index (χ3v) is 3.61. The van der Waals surface area contributed by atoms with Gasteiger partial charge in [0.05, 0.1) is 0 Å². The molecule has 3 rings (SSSR count). The monoisotopic (exact) mass is 261 g/mol. The lowest BCUT2D eigenvalue weighted by atomic mass is 10.3. The fourth-order valence-electron chi connectivity index (χ4n) is 1.79. The number of nitrogens with two attached hydrogens (primary N) is 1. The van der Waals surface area contributed by atoms with Crippen LogP contribution in [0.5, 0.6) is 0 Å². The van der Waals surface area contributed by atoms with Gasteiger partial charge in [0.25, 0.3) is 0 Å². The lowest BCUT2D eigenvalue weighted by molar-refractivity contribution is 0.503. The molecule has 0 saturated heterocycles. The number of aryl methyl sites for hydroxylation is 1. The minimum absolute atomic E-state index is 0.00531. The van der Waals surface area contributed by atoms with Crippen LogP contribution in [0.3, 0.4) is 0 Å². The molecule has 0 unspecified atom stereocenters. The molecule has 0 fully saturated rings. The summed E-state index contributed by atoms with van der Waals surface area (Å²) in [6.07, 6.45) is 0. The fraction of sp³-hybridized carbons (Fsp3) is 0.167. The molecule has 2 heterocycles. The minimum atomic E-state index is -0.00531. The van der Waals surface area contributed by atoms with Crippen molar-refractivity contribution in [1.82, 2.24) is 9.55 Å². The highest BCUT2D eigenvalue weighted by atomic mass is 32.1. The zero-order valence-corrected chi connectivity index (χ0v) is 10.5. The van der Waals surface area contributed by atoms with E-state index in [9.17, 15) is 4.79 Å². The number of aromatic nitrogens is 2. The van der Waals surface area contributed by atoms with E-state index >= 15 is 0 Å². The predicted molar refractivity (Wildman–Crippen MR) is 70.8 cm³/mol. The van der Waals surface area contributed by atoms with E-state index in [-0.39, 0.29) is 4.87 Å². The number of thiazole rings is 1. The van der Waals surface area contributed by atoms with E-state index in [1.165, 1.54) is 11.3 Å². The van der Waals surface area contributed by atoms with E-state index in [0.29, 0.717) is 29.2 Å². The Morgan fingerprint density at radius 1 is 1.50 bits per heavy atom. The van der Waals surface area contributed by atoms with Crippen molar-refractivity contribution in [2.75, 3.05) is 5.73 Å². The number of nitrogens with zero attached hydrogens (tertiary/aromatic N) is 2. The Morgan fingerprint density at radius 2 is 2.33 bits per heavy atom. The number of nitrogen functional groups attached to an aromatic ring is 1. The summed E-state index contributed by atoms with van der Waals surface area (Å²) >= 11 is 1.18. The van der Waals surface area contributed by atoms with Crippen molar-refractivity contribution in [1.29, 1.82) is 0 Å². The quantitative estimate of drug-likeness (QED) is 0.716. The van der Waals surface area contributed by atoms with Gasteiger partial charge in [-0.25, -0.2) is 4.98 Å². The van der Waals surface area contributed by atoms with Crippen molar-refractivity contribution in [3.05, 3.63) is 44.8 Å². The molecule has 5 nitrogen and oxygen atoms in total. The summed E-state index contributed by atoms with van der Waals surface area (Å²) in [7, 11) is 0. The van der Waals surface area contributed by atoms with Gasteiger partial charge in [0, 0.05) is 16.8 Å². The first-order valence-corrected chi connectivity index (χ1v) is 6.31. The van der Waals surface area contributed by atoms with Crippen LogP contribution in [0.15, 0.2) is 32.8 Å². The van der Waals surface area contributed by atoms with Crippen LogP contribution in [0, 0.1) is 6.92 Å².